The molecule has 0 saturated heterocycles. The molecule has 2 aromatic rings. The zero-order valence-corrected chi connectivity index (χ0v) is 16.8. The van der Waals surface area contributed by atoms with E-state index in [1.165, 1.54) is 16.0 Å². The molecule has 0 N–H and O–H groups in total. The van der Waals surface area contributed by atoms with Gasteiger partial charge in [-0.15, -0.1) is 0 Å². The molecule has 7 heteroatoms. The number of likely N-dealkylation sites (N-methyl/N-ethyl adjacent to an activating group) is 1. The van der Waals surface area contributed by atoms with Gasteiger partial charge in [-0.25, -0.2) is 9.40 Å². The molecule has 6 nitrogen and oxygen atoms in total. The molecule has 0 unspecified atom stereocenters. The molecule has 1 aliphatic rings. The van der Waals surface area contributed by atoms with Gasteiger partial charge in [-0.1, -0.05) is 43.3 Å². The molecule has 2 aromatic carbocycles. The van der Waals surface area contributed by atoms with Crippen LogP contribution < -0.4 is 4.74 Å². The van der Waals surface area contributed by atoms with E-state index in [1.807, 2.05) is 24.3 Å². The maximum atomic E-state index is 14.3. The van der Waals surface area contributed by atoms with E-state index in [2.05, 4.69) is 5.10 Å². The highest BCUT2D eigenvalue weighted by molar-refractivity contribution is 6.03. The lowest BCUT2D eigenvalue weighted by molar-refractivity contribution is -0.140. The van der Waals surface area contributed by atoms with Crippen LogP contribution in [0, 0.1) is 5.82 Å². The SMILES string of the molecule is CCC(=O)N(C)CC(=O)N1N=C(c2ccccc2F)C[C@@H]1c1ccccc1OC. The fraction of sp³-hybridized carbons (Fsp3) is 0.318. The second kappa shape index (κ2) is 8.86. The molecule has 0 fully saturated rings. The summed E-state index contributed by atoms with van der Waals surface area (Å²) in [6, 6.07) is 13.3. The molecule has 0 spiro atoms. The zero-order valence-electron chi connectivity index (χ0n) is 16.8. The quantitative estimate of drug-likeness (QED) is 0.751. The van der Waals surface area contributed by atoms with Crippen LogP contribution in [0.25, 0.3) is 0 Å². The minimum Gasteiger partial charge on any atom is -0.496 e. The van der Waals surface area contributed by atoms with Gasteiger partial charge in [0.15, 0.2) is 0 Å². The number of benzene rings is 2. The summed E-state index contributed by atoms with van der Waals surface area (Å²) < 4.78 is 19.8. The van der Waals surface area contributed by atoms with Gasteiger partial charge in [0.1, 0.15) is 18.1 Å². The zero-order chi connectivity index (χ0) is 21.0. The molecule has 3 rings (SSSR count). The van der Waals surface area contributed by atoms with Crippen molar-refractivity contribution in [2.75, 3.05) is 20.7 Å². The van der Waals surface area contributed by atoms with Crippen LogP contribution >= 0.6 is 0 Å². The van der Waals surface area contributed by atoms with Gasteiger partial charge in [-0.2, -0.15) is 5.10 Å². The van der Waals surface area contributed by atoms with E-state index in [0.29, 0.717) is 29.9 Å². The summed E-state index contributed by atoms with van der Waals surface area (Å²) in [5.41, 5.74) is 1.63. The Bertz CT molecular complexity index is 944. The van der Waals surface area contributed by atoms with Crippen molar-refractivity contribution < 1.29 is 18.7 Å². The van der Waals surface area contributed by atoms with Crippen LogP contribution in [-0.4, -0.2) is 48.1 Å². The van der Waals surface area contributed by atoms with E-state index < -0.39 is 11.9 Å². The van der Waals surface area contributed by atoms with Gasteiger partial charge in [-0.3, -0.25) is 9.59 Å². The number of amides is 2. The predicted octanol–water partition coefficient (Wildman–Crippen LogP) is 3.38. The smallest absolute Gasteiger partial charge is 0.262 e. The average molecular weight is 397 g/mol. The Morgan fingerprint density at radius 2 is 1.90 bits per heavy atom. The predicted molar refractivity (Wildman–Crippen MR) is 108 cm³/mol. The maximum Gasteiger partial charge on any atom is 0.262 e. The fourth-order valence-electron chi connectivity index (χ4n) is 3.42. The van der Waals surface area contributed by atoms with E-state index in [9.17, 15) is 14.0 Å². The Balaban J connectivity index is 1.97. The summed E-state index contributed by atoms with van der Waals surface area (Å²) in [5.74, 6) is -0.239. The minimum absolute atomic E-state index is 0.105. The largest absolute Gasteiger partial charge is 0.496 e. The van der Waals surface area contributed by atoms with Crippen LogP contribution in [0.3, 0.4) is 0 Å². The summed E-state index contributed by atoms with van der Waals surface area (Å²) in [5, 5.41) is 5.80. The molecule has 0 bridgehead atoms. The lowest BCUT2D eigenvalue weighted by Gasteiger charge is -2.25. The summed E-state index contributed by atoms with van der Waals surface area (Å²) in [6.07, 6.45) is 0.655. The van der Waals surface area contributed by atoms with Crippen LogP contribution in [0.1, 0.15) is 36.9 Å². The monoisotopic (exact) mass is 397 g/mol. The first-order valence-electron chi connectivity index (χ1n) is 9.47. The topological polar surface area (TPSA) is 62.2 Å². The number of para-hydroxylation sites is 1. The number of rotatable bonds is 6. The molecule has 0 radical (unpaired) electrons. The summed E-state index contributed by atoms with van der Waals surface area (Å²) in [7, 11) is 3.14. The van der Waals surface area contributed by atoms with Crippen LogP contribution in [0.4, 0.5) is 4.39 Å². The molecule has 152 valence electrons. The van der Waals surface area contributed by atoms with Gasteiger partial charge in [0.25, 0.3) is 5.91 Å². The molecule has 1 atom stereocenters. The second-order valence-electron chi connectivity index (χ2n) is 6.83. The third kappa shape index (κ3) is 4.29. The molecule has 0 aromatic heterocycles. The number of carbonyl (C=O) groups excluding carboxylic acids is 2. The lowest BCUT2D eigenvalue weighted by Crippen LogP contribution is -2.39. The number of methoxy groups -OCH3 is 1. The Morgan fingerprint density at radius 1 is 1.21 bits per heavy atom. The van der Waals surface area contributed by atoms with E-state index >= 15 is 0 Å². The number of carbonyl (C=O) groups is 2. The highest BCUT2D eigenvalue weighted by Gasteiger charge is 2.35. The number of hydrogen-bond donors (Lipinski definition) is 0. The third-order valence-corrected chi connectivity index (χ3v) is 4.95. The average Bonchev–Trinajstić information content (AvgIpc) is 3.18. The number of nitrogens with zero attached hydrogens (tertiary/aromatic N) is 3. The fourth-order valence-corrected chi connectivity index (χ4v) is 3.42. The highest BCUT2D eigenvalue weighted by atomic mass is 19.1. The normalized spacial score (nSPS) is 15.8. The van der Waals surface area contributed by atoms with Crippen molar-refractivity contribution in [3.05, 3.63) is 65.5 Å². The van der Waals surface area contributed by atoms with Gasteiger partial charge in [0.05, 0.1) is 18.9 Å². The standard InChI is InChI=1S/C22H24FN3O3/c1-4-21(27)25(2)14-22(28)26-19(16-10-6-8-12-20(16)29-3)13-18(24-26)15-9-5-7-11-17(15)23/h5-12,19H,4,13-14H2,1-3H3/t19-/m1/s1. The number of halogens is 1. The van der Waals surface area contributed by atoms with Crippen LogP contribution in [-0.2, 0) is 9.59 Å². The molecule has 1 heterocycles. The van der Waals surface area contributed by atoms with Crippen molar-refractivity contribution in [3.63, 3.8) is 0 Å². The van der Waals surface area contributed by atoms with Crippen molar-refractivity contribution in [1.29, 1.82) is 0 Å². The highest BCUT2D eigenvalue weighted by Crippen LogP contribution is 2.37. The van der Waals surface area contributed by atoms with Crippen LogP contribution in [0.15, 0.2) is 53.6 Å². The second-order valence-corrected chi connectivity index (χ2v) is 6.83. The van der Waals surface area contributed by atoms with E-state index in [0.717, 1.165) is 5.56 Å². The first kappa shape index (κ1) is 20.5. The Hall–Kier alpha value is -3.22. The van der Waals surface area contributed by atoms with Crippen LogP contribution in [0.2, 0.25) is 0 Å². The van der Waals surface area contributed by atoms with Gasteiger partial charge in [0, 0.05) is 31.0 Å². The first-order chi connectivity index (χ1) is 14.0. The minimum atomic E-state index is -0.446. The van der Waals surface area contributed by atoms with Gasteiger partial charge in [0.2, 0.25) is 5.91 Å². The van der Waals surface area contributed by atoms with E-state index in [-0.39, 0.29) is 18.4 Å². The van der Waals surface area contributed by atoms with Crippen molar-refractivity contribution in [2.45, 2.75) is 25.8 Å². The number of hydrazone groups is 1. The Kier molecular flexibility index (Phi) is 6.26. The molecular weight excluding hydrogens is 373 g/mol. The van der Waals surface area contributed by atoms with E-state index in [4.69, 9.17) is 4.74 Å². The lowest BCUT2D eigenvalue weighted by atomic mass is 9.97. The first-order valence-corrected chi connectivity index (χ1v) is 9.47. The van der Waals surface area contributed by atoms with Crippen LogP contribution in [0.5, 0.6) is 5.75 Å². The number of ether oxygens (including phenoxy) is 1. The molecule has 1 aliphatic heterocycles. The molecule has 29 heavy (non-hydrogen) atoms. The van der Waals surface area contributed by atoms with Gasteiger partial charge in [-0.05, 0) is 12.1 Å². The Labute approximate surface area is 169 Å². The van der Waals surface area contributed by atoms with Crippen molar-refractivity contribution >= 4 is 17.5 Å². The summed E-state index contributed by atoms with van der Waals surface area (Å²) >= 11 is 0. The Morgan fingerprint density at radius 3 is 2.59 bits per heavy atom. The molecule has 0 aliphatic carbocycles. The number of hydrogen-bond acceptors (Lipinski definition) is 4. The molecule has 0 saturated carbocycles. The van der Waals surface area contributed by atoms with Crippen molar-refractivity contribution in [3.8, 4) is 5.75 Å². The van der Waals surface area contributed by atoms with Crippen molar-refractivity contribution in [2.24, 2.45) is 5.10 Å². The third-order valence-electron chi connectivity index (χ3n) is 4.95. The van der Waals surface area contributed by atoms with Gasteiger partial charge >= 0.3 is 0 Å². The molecular formula is C22H24FN3O3. The maximum absolute atomic E-state index is 14.3. The summed E-state index contributed by atoms with van der Waals surface area (Å²) in [4.78, 5) is 26.3. The van der Waals surface area contributed by atoms with Gasteiger partial charge < -0.3 is 9.64 Å². The molecule has 2 amide bonds. The van der Waals surface area contributed by atoms with Crippen molar-refractivity contribution in [1.82, 2.24) is 9.91 Å². The summed E-state index contributed by atoms with van der Waals surface area (Å²) in [6.45, 7) is 1.64. The van der Waals surface area contributed by atoms with E-state index in [1.54, 1.807) is 39.3 Å².